The van der Waals surface area contributed by atoms with Gasteiger partial charge in [0.05, 0.1) is 0 Å². The maximum atomic E-state index is 5.95. The Morgan fingerprint density at radius 2 is 2.07 bits per heavy atom. The van der Waals surface area contributed by atoms with Gasteiger partial charge in [0, 0.05) is 23.9 Å². The summed E-state index contributed by atoms with van der Waals surface area (Å²) in [5, 5.41) is 0.770. The largest absolute Gasteiger partial charge is 0.399 e. The lowest BCUT2D eigenvalue weighted by molar-refractivity contribution is 0.0666. The van der Waals surface area contributed by atoms with E-state index < -0.39 is 0 Å². The molecule has 1 aliphatic rings. The van der Waals surface area contributed by atoms with Crippen LogP contribution in [0.2, 0.25) is 5.02 Å². The number of nitrogen functional groups attached to an aromatic ring is 1. The standard InChI is InChI=1S/C12H16ClNO/c13-11-1-2-12(14)10(8-11)7-9-3-5-15-6-4-9/h1-2,8-9H,3-7,14H2. The number of halogens is 1. The first kappa shape index (κ1) is 10.8. The van der Waals surface area contributed by atoms with E-state index in [0.717, 1.165) is 43.2 Å². The molecule has 2 nitrogen and oxygen atoms in total. The van der Waals surface area contributed by atoms with Gasteiger partial charge in [0.1, 0.15) is 0 Å². The fraction of sp³-hybridized carbons (Fsp3) is 0.500. The first-order chi connectivity index (χ1) is 7.25. The van der Waals surface area contributed by atoms with Crippen LogP contribution in [0.15, 0.2) is 18.2 Å². The fourth-order valence-electron chi connectivity index (χ4n) is 2.01. The summed E-state index contributed by atoms with van der Waals surface area (Å²) >= 11 is 5.95. The van der Waals surface area contributed by atoms with Gasteiger partial charge < -0.3 is 10.5 Å². The number of anilines is 1. The van der Waals surface area contributed by atoms with Crippen molar-refractivity contribution in [2.24, 2.45) is 5.92 Å². The van der Waals surface area contributed by atoms with Crippen molar-refractivity contribution < 1.29 is 4.74 Å². The predicted molar refractivity (Wildman–Crippen MR) is 63.1 cm³/mol. The average molecular weight is 226 g/mol. The van der Waals surface area contributed by atoms with Crippen molar-refractivity contribution in [3.63, 3.8) is 0 Å². The summed E-state index contributed by atoms with van der Waals surface area (Å²) in [6.45, 7) is 1.76. The van der Waals surface area contributed by atoms with Gasteiger partial charge in [-0.2, -0.15) is 0 Å². The third-order valence-electron chi connectivity index (χ3n) is 2.95. The van der Waals surface area contributed by atoms with E-state index in [-0.39, 0.29) is 0 Å². The third-order valence-corrected chi connectivity index (χ3v) is 3.19. The maximum Gasteiger partial charge on any atom is 0.0468 e. The molecule has 1 aromatic rings. The predicted octanol–water partition coefficient (Wildman–Crippen LogP) is 2.89. The van der Waals surface area contributed by atoms with Crippen LogP contribution in [0.5, 0.6) is 0 Å². The summed E-state index contributed by atoms with van der Waals surface area (Å²) in [5.74, 6) is 0.694. The summed E-state index contributed by atoms with van der Waals surface area (Å²) in [4.78, 5) is 0. The lowest BCUT2D eigenvalue weighted by atomic mass is 9.92. The molecule has 0 unspecified atom stereocenters. The van der Waals surface area contributed by atoms with Crippen LogP contribution in [0.4, 0.5) is 5.69 Å². The van der Waals surface area contributed by atoms with Gasteiger partial charge in [-0.15, -0.1) is 0 Å². The van der Waals surface area contributed by atoms with Crippen molar-refractivity contribution in [3.8, 4) is 0 Å². The number of rotatable bonds is 2. The molecule has 0 aliphatic carbocycles. The van der Waals surface area contributed by atoms with E-state index in [4.69, 9.17) is 22.1 Å². The highest BCUT2D eigenvalue weighted by Crippen LogP contribution is 2.25. The second kappa shape index (κ2) is 4.86. The van der Waals surface area contributed by atoms with Gasteiger partial charge in [-0.1, -0.05) is 11.6 Å². The molecule has 1 fully saturated rings. The van der Waals surface area contributed by atoms with Gasteiger partial charge in [-0.05, 0) is 48.9 Å². The highest BCUT2D eigenvalue weighted by atomic mass is 35.5. The van der Waals surface area contributed by atoms with E-state index in [0.29, 0.717) is 5.92 Å². The van der Waals surface area contributed by atoms with E-state index in [9.17, 15) is 0 Å². The lowest BCUT2D eigenvalue weighted by Gasteiger charge is -2.22. The molecule has 1 saturated heterocycles. The Balaban J connectivity index is 2.05. The van der Waals surface area contributed by atoms with Gasteiger partial charge in [0.25, 0.3) is 0 Å². The number of nitrogens with two attached hydrogens (primary N) is 1. The maximum absolute atomic E-state index is 5.95. The van der Waals surface area contributed by atoms with Crippen LogP contribution in [-0.4, -0.2) is 13.2 Å². The van der Waals surface area contributed by atoms with Crippen molar-refractivity contribution >= 4 is 17.3 Å². The summed E-state index contributed by atoms with van der Waals surface area (Å²) in [6.07, 6.45) is 3.29. The van der Waals surface area contributed by atoms with Crippen LogP contribution in [-0.2, 0) is 11.2 Å². The van der Waals surface area contributed by atoms with Crippen molar-refractivity contribution in [3.05, 3.63) is 28.8 Å². The van der Waals surface area contributed by atoms with Gasteiger partial charge in [-0.25, -0.2) is 0 Å². The molecule has 0 radical (unpaired) electrons. The van der Waals surface area contributed by atoms with Crippen molar-refractivity contribution in [2.75, 3.05) is 18.9 Å². The van der Waals surface area contributed by atoms with E-state index >= 15 is 0 Å². The number of hydrogen-bond acceptors (Lipinski definition) is 2. The van der Waals surface area contributed by atoms with Crippen molar-refractivity contribution in [2.45, 2.75) is 19.3 Å². The Morgan fingerprint density at radius 1 is 1.33 bits per heavy atom. The molecular weight excluding hydrogens is 210 g/mol. The molecule has 0 aromatic heterocycles. The van der Waals surface area contributed by atoms with Crippen LogP contribution < -0.4 is 5.73 Å². The number of benzene rings is 1. The summed E-state index contributed by atoms with van der Waals surface area (Å²) < 4.78 is 5.33. The highest BCUT2D eigenvalue weighted by Gasteiger charge is 2.15. The Kier molecular flexibility index (Phi) is 3.49. The van der Waals surface area contributed by atoms with Gasteiger partial charge in [0.2, 0.25) is 0 Å². The Hall–Kier alpha value is -0.730. The van der Waals surface area contributed by atoms with Gasteiger partial charge in [-0.3, -0.25) is 0 Å². The van der Waals surface area contributed by atoms with Crippen molar-refractivity contribution in [1.29, 1.82) is 0 Å². The lowest BCUT2D eigenvalue weighted by Crippen LogP contribution is -2.18. The minimum atomic E-state index is 0.694. The van der Waals surface area contributed by atoms with Gasteiger partial charge in [0.15, 0.2) is 0 Å². The van der Waals surface area contributed by atoms with Gasteiger partial charge >= 0.3 is 0 Å². The Bertz CT molecular complexity index is 334. The number of hydrogen-bond donors (Lipinski definition) is 1. The zero-order chi connectivity index (χ0) is 10.7. The molecule has 0 spiro atoms. The quantitative estimate of drug-likeness (QED) is 0.786. The van der Waals surface area contributed by atoms with E-state index in [2.05, 4.69) is 0 Å². The molecule has 15 heavy (non-hydrogen) atoms. The minimum absolute atomic E-state index is 0.694. The molecule has 0 atom stereocenters. The van der Waals surface area contributed by atoms with Crippen LogP contribution >= 0.6 is 11.6 Å². The molecular formula is C12H16ClNO. The molecule has 1 heterocycles. The molecule has 0 amide bonds. The summed E-state index contributed by atoms with van der Waals surface area (Å²) in [5.41, 5.74) is 7.94. The second-order valence-corrected chi connectivity index (χ2v) is 4.54. The molecule has 0 saturated carbocycles. The molecule has 1 aliphatic heterocycles. The Morgan fingerprint density at radius 3 is 2.80 bits per heavy atom. The molecule has 3 heteroatoms. The minimum Gasteiger partial charge on any atom is -0.399 e. The molecule has 2 rings (SSSR count). The molecule has 1 aromatic carbocycles. The molecule has 0 bridgehead atoms. The zero-order valence-electron chi connectivity index (χ0n) is 8.71. The second-order valence-electron chi connectivity index (χ2n) is 4.10. The first-order valence-corrected chi connectivity index (χ1v) is 5.75. The molecule has 82 valence electrons. The van der Waals surface area contributed by atoms with Crippen LogP contribution in [0.3, 0.4) is 0 Å². The average Bonchev–Trinajstić information content (AvgIpc) is 2.25. The Labute approximate surface area is 95.4 Å². The smallest absolute Gasteiger partial charge is 0.0468 e. The van der Waals surface area contributed by atoms with Crippen molar-refractivity contribution in [1.82, 2.24) is 0 Å². The zero-order valence-corrected chi connectivity index (χ0v) is 9.46. The summed E-state index contributed by atoms with van der Waals surface area (Å²) in [7, 11) is 0. The third kappa shape index (κ3) is 2.86. The summed E-state index contributed by atoms with van der Waals surface area (Å²) in [6, 6.07) is 5.70. The SMILES string of the molecule is Nc1ccc(Cl)cc1CC1CCOCC1. The fourth-order valence-corrected chi connectivity index (χ4v) is 2.21. The van der Waals surface area contributed by atoms with Crippen LogP contribution in [0.25, 0.3) is 0 Å². The van der Waals surface area contributed by atoms with E-state index in [1.165, 1.54) is 5.56 Å². The normalized spacial score (nSPS) is 17.9. The van der Waals surface area contributed by atoms with E-state index in [1.54, 1.807) is 0 Å². The van der Waals surface area contributed by atoms with Crippen LogP contribution in [0.1, 0.15) is 18.4 Å². The van der Waals surface area contributed by atoms with E-state index in [1.807, 2.05) is 18.2 Å². The monoisotopic (exact) mass is 225 g/mol. The topological polar surface area (TPSA) is 35.2 Å². The highest BCUT2D eigenvalue weighted by molar-refractivity contribution is 6.30. The first-order valence-electron chi connectivity index (χ1n) is 5.37. The molecule has 2 N–H and O–H groups in total. The van der Waals surface area contributed by atoms with Crippen LogP contribution in [0, 0.1) is 5.92 Å². The number of ether oxygens (including phenoxy) is 1.